The van der Waals surface area contributed by atoms with Gasteiger partial charge in [-0.25, -0.2) is 4.68 Å². The van der Waals surface area contributed by atoms with Gasteiger partial charge in [-0.15, -0.1) is 0 Å². The predicted octanol–water partition coefficient (Wildman–Crippen LogP) is 4.53. The highest BCUT2D eigenvalue weighted by molar-refractivity contribution is 9.10. The van der Waals surface area contributed by atoms with Gasteiger partial charge in [0.1, 0.15) is 11.6 Å². The lowest BCUT2D eigenvalue weighted by Crippen LogP contribution is -2.22. The van der Waals surface area contributed by atoms with Crippen LogP contribution < -0.4 is 15.2 Å². The van der Waals surface area contributed by atoms with Crippen molar-refractivity contribution in [1.82, 2.24) is 9.78 Å². The summed E-state index contributed by atoms with van der Waals surface area (Å²) in [5.74, 6) is -0.218. The minimum atomic E-state index is -0.658. The minimum absolute atomic E-state index is 0.0358. The van der Waals surface area contributed by atoms with Crippen molar-refractivity contribution in [1.29, 1.82) is 5.26 Å². The molecule has 3 N–H and O–H groups in total. The number of hydrogen-bond acceptors (Lipinski definition) is 6. The van der Waals surface area contributed by atoms with E-state index in [4.69, 9.17) is 26.8 Å². The number of aromatic hydroxyl groups is 1. The average Bonchev–Trinajstić information content (AvgIpc) is 3.08. The number of para-hydroxylation sites is 1. The molecule has 0 spiro atoms. The fourth-order valence-corrected chi connectivity index (χ4v) is 4.22. The zero-order chi connectivity index (χ0) is 21.6. The number of halogens is 2. The standard InChI is InChI=1S/C21H16BrClN4O3/c1-10-15-16(12-8-14(29-2)19(28)17(22)18(12)23)13(9-24)20(25)30-21(15)27(26-10)11-6-4-3-5-7-11/h3-8,16,28H,25H2,1-2H3/t16-/m0/s1. The second-order valence-corrected chi connectivity index (χ2v) is 7.79. The Labute approximate surface area is 186 Å². The summed E-state index contributed by atoms with van der Waals surface area (Å²) in [6, 6.07) is 13.2. The number of fused-ring (bicyclic) bond motifs is 1. The van der Waals surface area contributed by atoms with E-state index in [1.54, 1.807) is 10.7 Å². The number of benzene rings is 2. The van der Waals surface area contributed by atoms with Gasteiger partial charge in [-0.05, 0) is 46.6 Å². The summed E-state index contributed by atoms with van der Waals surface area (Å²) in [6.07, 6.45) is 0. The molecule has 9 heteroatoms. The van der Waals surface area contributed by atoms with Gasteiger partial charge in [0.15, 0.2) is 11.5 Å². The number of methoxy groups -OCH3 is 1. The fraction of sp³-hybridized carbons (Fsp3) is 0.143. The maximum atomic E-state index is 10.3. The predicted molar refractivity (Wildman–Crippen MR) is 115 cm³/mol. The fourth-order valence-electron chi connectivity index (χ4n) is 3.55. The molecule has 3 aromatic rings. The van der Waals surface area contributed by atoms with E-state index >= 15 is 0 Å². The second kappa shape index (κ2) is 7.59. The molecule has 1 aliphatic rings. The highest BCUT2D eigenvalue weighted by Gasteiger charge is 2.38. The number of hydrogen-bond donors (Lipinski definition) is 2. The molecule has 0 fully saturated rings. The van der Waals surface area contributed by atoms with Crippen molar-refractivity contribution in [2.45, 2.75) is 12.8 Å². The van der Waals surface area contributed by atoms with Crippen LogP contribution >= 0.6 is 27.5 Å². The molecule has 1 atom stereocenters. The molecule has 0 amide bonds. The van der Waals surface area contributed by atoms with Crippen molar-refractivity contribution < 1.29 is 14.6 Å². The van der Waals surface area contributed by atoms with Gasteiger partial charge in [0.25, 0.3) is 0 Å². The molecule has 0 saturated carbocycles. The number of phenols is 1. The molecule has 0 saturated heterocycles. The number of aryl methyl sites for hydroxylation is 1. The van der Waals surface area contributed by atoms with Gasteiger partial charge in [-0.1, -0.05) is 29.8 Å². The molecular formula is C21H16BrClN4O3. The van der Waals surface area contributed by atoms with Gasteiger partial charge in [0, 0.05) is 0 Å². The third-order valence-corrected chi connectivity index (χ3v) is 6.35. The average molecular weight is 488 g/mol. The number of nitrogens with two attached hydrogens (primary N) is 1. The van der Waals surface area contributed by atoms with E-state index in [1.807, 2.05) is 37.3 Å². The third kappa shape index (κ3) is 2.98. The topological polar surface area (TPSA) is 106 Å². The second-order valence-electron chi connectivity index (χ2n) is 6.62. The van der Waals surface area contributed by atoms with Crippen molar-refractivity contribution in [3.8, 4) is 29.1 Å². The Hall–Kier alpha value is -3.15. The van der Waals surface area contributed by atoms with Crippen molar-refractivity contribution in [3.63, 3.8) is 0 Å². The molecule has 0 unspecified atom stereocenters. The van der Waals surface area contributed by atoms with Gasteiger partial charge >= 0.3 is 0 Å². The van der Waals surface area contributed by atoms with Crippen LogP contribution in [0.5, 0.6) is 17.4 Å². The van der Waals surface area contributed by atoms with E-state index in [0.29, 0.717) is 22.7 Å². The number of rotatable bonds is 3. The van der Waals surface area contributed by atoms with Crippen molar-refractivity contribution in [3.05, 3.63) is 74.2 Å². The Morgan fingerprint density at radius 3 is 2.70 bits per heavy atom. The summed E-state index contributed by atoms with van der Waals surface area (Å²) < 4.78 is 13.0. The molecular weight excluding hydrogens is 472 g/mol. The Morgan fingerprint density at radius 1 is 1.37 bits per heavy atom. The van der Waals surface area contributed by atoms with Crippen LogP contribution in [0.15, 0.2) is 52.3 Å². The maximum absolute atomic E-state index is 10.3. The monoisotopic (exact) mass is 486 g/mol. The largest absolute Gasteiger partial charge is 0.503 e. The highest BCUT2D eigenvalue weighted by atomic mass is 79.9. The maximum Gasteiger partial charge on any atom is 0.229 e. The molecule has 152 valence electrons. The number of ether oxygens (including phenoxy) is 2. The normalized spacial score (nSPS) is 15.4. The highest BCUT2D eigenvalue weighted by Crippen LogP contribution is 2.51. The molecule has 0 bridgehead atoms. The van der Waals surface area contributed by atoms with Crippen LogP contribution in [0.25, 0.3) is 5.69 Å². The molecule has 0 radical (unpaired) electrons. The zero-order valence-corrected chi connectivity index (χ0v) is 18.3. The first-order chi connectivity index (χ1) is 14.4. The Balaban J connectivity index is 2.02. The first-order valence-electron chi connectivity index (χ1n) is 8.86. The van der Waals surface area contributed by atoms with E-state index < -0.39 is 5.92 Å². The minimum Gasteiger partial charge on any atom is -0.503 e. The Bertz CT molecular complexity index is 1230. The summed E-state index contributed by atoms with van der Waals surface area (Å²) in [6.45, 7) is 1.83. The summed E-state index contributed by atoms with van der Waals surface area (Å²) >= 11 is 9.87. The zero-order valence-electron chi connectivity index (χ0n) is 16.0. The van der Waals surface area contributed by atoms with E-state index in [0.717, 1.165) is 5.69 Å². The first kappa shape index (κ1) is 20.1. The van der Waals surface area contributed by atoms with Crippen molar-refractivity contribution in [2.75, 3.05) is 7.11 Å². The number of phenolic OH excluding ortho intramolecular Hbond substituents is 1. The number of allylic oxidation sites excluding steroid dienone is 1. The molecule has 7 nitrogen and oxygen atoms in total. The van der Waals surface area contributed by atoms with Crippen LogP contribution in [0.4, 0.5) is 0 Å². The number of nitrogens with zero attached hydrogens (tertiary/aromatic N) is 3. The van der Waals surface area contributed by atoms with Crippen LogP contribution in [0, 0.1) is 18.3 Å². The first-order valence-corrected chi connectivity index (χ1v) is 10.0. The van der Waals surface area contributed by atoms with Gasteiger partial charge < -0.3 is 20.3 Å². The number of nitriles is 1. The summed E-state index contributed by atoms with van der Waals surface area (Å²) in [4.78, 5) is 0. The lowest BCUT2D eigenvalue weighted by atomic mass is 9.84. The molecule has 0 aliphatic carbocycles. The van der Waals surface area contributed by atoms with E-state index in [-0.39, 0.29) is 32.5 Å². The SMILES string of the molecule is COc1cc([C@H]2C(C#N)=C(N)Oc3c2c(C)nn3-c2ccccc2)c(Cl)c(Br)c1O. The van der Waals surface area contributed by atoms with Crippen LogP contribution in [0.3, 0.4) is 0 Å². The van der Waals surface area contributed by atoms with Crippen molar-refractivity contribution in [2.24, 2.45) is 5.73 Å². The van der Waals surface area contributed by atoms with Crippen LogP contribution in [0.2, 0.25) is 5.02 Å². The van der Waals surface area contributed by atoms with Crippen molar-refractivity contribution >= 4 is 27.5 Å². The van der Waals surface area contributed by atoms with Gasteiger partial charge in [0.2, 0.25) is 11.8 Å². The van der Waals surface area contributed by atoms with E-state index in [1.165, 1.54) is 7.11 Å². The van der Waals surface area contributed by atoms with Gasteiger partial charge in [0.05, 0.1) is 39.5 Å². The summed E-state index contributed by atoms with van der Waals surface area (Å²) in [5.41, 5.74) is 8.95. The molecule has 30 heavy (non-hydrogen) atoms. The van der Waals surface area contributed by atoms with Gasteiger partial charge in [-0.2, -0.15) is 10.4 Å². The molecule has 1 aromatic heterocycles. The molecule has 4 rings (SSSR count). The Kier molecular flexibility index (Phi) is 5.10. The Morgan fingerprint density at radius 2 is 2.07 bits per heavy atom. The lowest BCUT2D eigenvalue weighted by Gasteiger charge is -2.26. The lowest BCUT2D eigenvalue weighted by molar-refractivity contribution is 0.364. The summed E-state index contributed by atoms with van der Waals surface area (Å²) in [7, 11) is 1.43. The smallest absolute Gasteiger partial charge is 0.229 e. The summed E-state index contributed by atoms with van der Waals surface area (Å²) in [5, 5.41) is 25.0. The van der Waals surface area contributed by atoms with Crippen LogP contribution in [0.1, 0.15) is 22.7 Å². The quantitative estimate of drug-likeness (QED) is 0.562. The van der Waals surface area contributed by atoms with E-state index in [9.17, 15) is 10.4 Å². The van der Waals surface area contributed by atoms with Crippen LogP contribution in [-0.2, 0) is 0 Å². The number of aromatic nitrogens is 2. The third-order valence-electron chi connectivity index (χ3n) is 4.94. The van der Waals surface area contributed by atoms with Crippen LogP contribution in [-0.4, -0.2) is 22.0 Å². The van der Waals surface area contributed by atoms with Gasteiger partial charge in [-0.3, -0.25) is 0 Å². The molecule has 1 aliphatic heterocycles. The molecule has 2 aromatic carbocycles. The van der Waals surface area contributed by atoms with E-state index in [2.05, 4.69) is 27.1 Å². The molecule has 2 heterocycles.